The summed E-state index contributed by atoms with van der Waals surface area (Å²) in [4.78, 5) is 12.8. The van der Waals surface area contributed by atoms with Crippen LogP contribution < -0.4 is 10.9 Å². The molecule has 0 saturated heterocycles. The van der Waals surface area contributed by atoms with Crippen molar-refractivity contribution in [1.82, 2.24) is 24.6 Å². The molecule has 4 aromatic rings. The smallest absolute Gasteiger partial charge is 0.200 e. The van der Waals surface area contributed by atoms with Crippen molar-refractivity contribution in [1.29, 1.82) is 0 Å². The van der Waals surface area contributed by atoms with Crippen LogP contribution >= 0.6 is 0 Å². The molecule has 0 aliphatic carbocycles. The van der Waals surface area contributed by atoms with Crippen LogP contribution in [0.25, 0.3) is 17.0 Å². The Morgan fingerprint density at radius 3 is 2.85 bits per heavy atom. The molecule has 0 saturated carbocycles. The van der Waals surface area contributed by atoms with Crippen LogP contribution in [0.5, 0.6) is 0 Å². The van der Waals surface area contributed by atoms with Crippen molar-refractivity contribution in [2.45, 2.75) is 13.1 Å². The highest BCUT2D eigenvalue weighted by Crippen LogP contribution is 2.28. The Hall–Kier alpha value is -3.29. The Morgan fingerprint density at radius 2 is 2.04 bits per heavy atom. The average Bonchev–Trinajstić information content (AvgIpc) is 3.11. The first kappa shape index (κ1) is 16.2. The van der Waals surface area contributed by atoms with Gasteiger partial charge in [0.25, 0.3) is 0 Å². The molecule has 4 aromatic heterocycles. The molecule has 0 fully saturated rings. The van der Waals surface area contributed by atoms with Crippen LogP contribution in [-0.2, 0) is 0 Å². The normalized spacial score (nSPS) is 12.2. The van der Waals surface area contributed by atoms with E-state index in [1.807, 2.05) is 18.3 Å². The largest absolute Gasteiger partial charge is 0.338 e. The maximum absolute atomic E-state index is 13.9. The molecule has 1 atom stereocenters. The second-order valence-corrected chi connectivity index (χ2v) is 5.77. The summed E-state index contributed by atoms with van der Waals surface area (Å²) < 4.78 is 15.6. The van der Waals surface area contributed by atoms with Gasteiger partial charge in [-0.2, -0.15) is 0 Å². The van der Waals surface area contributed by atoms with Gasteiger partial charge in [-0.25, -0.2) is 13.9 Å². The summed E-state index contributed by atoms with van der Waals surface area (Å²) in [5.41, 5.74) is 2.75. The van der Waals surface area contributed by atoms with E-state index in [0.717, 1.165) is 5.52 Å². The fraction of sp³-hybridized carbons (Fsp3) is 0.111. The van der Waals surface area contributed by atoms with E-state index in [1.165, 1.54) is 13.1 Å². The third-order valence-corrected chi connectivity index (χ3v) is 3.92. The molecule has 4 rings (SSSR count). The summed E-state index contributed by atoms with van der Waals surface area (Å²) in [6.45, 7) is 1.47. The predicted molar refractivity (Wildman–Crippen MR) is 98.6 cm³/mol. The summed E-state index contributed by atoms with van der Waals surface area (Å²) in [6.07, 6.45) is 3.75. The Bertz CT molecular complexity index is 1080. The van der Waals surface area contributed by atoms with Crippen molar-refractivity contribution < 1.29 is 4.39 Å². The average molecular weight is 344 g/mol. The SMILES string of the molecule is [B]c1cccc(-c2nc(Nc3ccncc3C(C)F)c3cccn3n2)n1. The number of rotatable bonds is 4. The molecule has 6 nitrogen and oxygen atoms in total. The summed E-state index contributed by atoms with van der Waals surface area (Å²) in [6, 6.07) is 10.7. The minimum Gasteiger partial charge on any atom is -0.338 e. The van der Waals surface area contributed by atoms with Gasteiger partial charge in [0.2, 0.25) is 5.82 Å². The highest BCUT2D eigenvalue weighted by atomic mass is 19.1. The highest BCUT2D eigenvalue weighted by molar-refractivity contribution is 6.30. The second-order valence-electron chi connectivity index (χ2n) is 5.77. The first-order valence-corrected chi connectivity index (χ1v) is 8.05. The molecule has 0 bridgehead atoms. The van der Waals surface area contributed by atoms with Gasteiger partial charge < -0.3 is 5.32 Å². The lowest BCUT2D eigenvalue weighted by Gasteiger charge is -2.13. The van der Waals surface area contributed by atoms with Gasteiger partial charge in [0.1, 0.15) is 25.2 Å². The minimum atomic E-state index is -1.16. The summed E-state index contributed by atoms with van der Waals surface area (Å²) >= 11 is 0. The molecule has 0 amide bonds. The van der Waals surface area contributed by atoms with Gasteiger partial charge in [-0.1, -0.05) is 12.1 Å². The number of halogens is 1. The van der Waals surface area contributed by atoms with E-state index < -0.39 is 6.17 Å². The molecule has 0 aliphatic rings. The molecule has 126 valence electrons. The Balaban J connectivity index is 1.84. The first-order chi connectivity index (χ1) is 12.6. The van der Waals surface area contributed by atoms with E-state index in [4.69, 9.17) is 7.85 Å². The fourth-order valence-electron chi connectivity index (χ4n) is 2.68. The molecule has 8 heteroatoms. The van der Waals surface area contributed by atoms with Crippen LogP contribution in [0.15, 0.2) is 55.0 Å². The van der Waals surface area contributed by atoms with E-state index in [0.29, 0.717) is 34.2 Å². The van der Waals surface area contributed by atoms with Crippen molar-refractivity contribution in [3.05, 3.63) is 60.6 Å². The lowest BCUT2D eigenvalue weighted by Crippen LogP contribution is -2.10. The van der Waals surface area contributed by atoms with E-state index >= 15 is 0 Å². The van der Waals surface area contributed by atoms with Crippen molar-refractivity contribution >= 4 is 30.5 Å². The quantitative estimate of drug-likeness (QED) is 0.577. The van der Waals surface area contributed by atoms with Crippen molar-refractivity contribution in [2.75, 3.05) is 5.32 Å². The van der Waals surface area contributed by atoms with Crippen LogP contribution in [-0.4, -0.2) is 32.4 Å². The number of nitrogens with zero attached hydrogens (tertiary/aromatic N) is 5. The van der Waals surface area contributed by atoms with Gasteiger partial charge in [-0.3, -0.25) is 9.97 Å². The molecule has 0 spiro atoms. The van der Waals surface area contributed by atoms with Crippen LogP contribution in [0.1, 0.15) is 18.7 Å². The zero-order valence-electron chi connectivity index (χ0n) is 14.0. The molecule has 0 aromatic carbocycles. The predicted octanol–water partition coefficient (Wildman–Crippen LogP) is 2.75. The van der Waals surface area contributed by atoms with Gasteiger partial charge >= 0.3 is 0 Å². The van der Waals surface area contributed by atoms with Crippen LogP contribution in [0.3, 0.4) is 0 Å². The molecule has 1 unspecified atom stereocenters. The van der Waals surface area contributed by atoms with Crippen molar-refractivity contribution in [2.24, 2.45) is 0 Å². The number of anilines is 2. The summed E-state index contributed by atoms with van der Waals surface area (Å²) in [5, 5.41) is 7.66. The second kappa shape index (κ2) is 6.55. The number of alkyl halides is 1. The van der Waals surface area contributed by atoms with Gasteiger partial charge in [0, 0.05) is 29.8 Å². The zero-order valence-corrected chi connectivity index (χ0v) is 14.0. The zero-order chi connectivity index (χ0) is 18.1. The molecular formula is C18H14BFN6. The highest BCUT2D eigenvalue weighted by Gasteiger charge is 2.14. The van der Waals surface area contributed by atoms with E-state index in [-0.39, 0.29) is 0 Å². The third kappa shape index (κ3) is 3.01. The van der Waals surface area contributed by atoms with Gasteiger partial charge in [-0.05, 0) is 36.8 Å². The molecule has 0 aliphatic heterocycles. The lowest BCUT2D eigenvalue weighted by atomic mass is 10.0. The van der Waals surface area contributed by atoms with Gasteiger partial charge in [0.05, 0.1) is 0 Å². The molecule has 2 radical (unpaired) electrons. The van der Waals surface area contributed by atoms with Gasteiger partial charge in [0.15, 0.2) is 5.82 Å². The monoisotopic (exact) mass is 344 g/mol. The standard InChI is InChI=1S/C18H14BFN6/c1-11(20)12-10-21-8-7-13(12)23-18-15-5-3-9-26(15)25-17(24-18)14-4-2-6-16(19)22-14/h2-11H,1H3,(H,21,23,24,25). The van der Waals surface area contributed by atoms with E-state index in [1.54, 1.807) is 35.0 Å². The minimum absolute atomic E-state index is 0.385. The van der Waals surface area contributed by atoms with Gasteiger partial charge in [-0.15, -0.1) is 5.10 Å². The van der Waals surface area contributed by atoms with E-state index in [9.17, 15) is 4.39 Å². The van der Waals surface area contributed by atoms with Crippen molar-refractivity contribution in [3.63, 3.8) is 0 Å². The van der Waals surface area contributed by atoms with Crippen LogP contribution in [0.4, 0.5) is 15.9 Å². The maximum Gasteiger partial charge on any atom is 0.200 e. The molecular weight excluding hydrogens is 330 g/mol. The number of hydrogen-bond acceptors (Lipinski definition) is 5. The summed E-state index contributed by atoms with van der Waals surface area (Å²) in [7, 11) is 5.77. The fourth-order valence-corrected chi connectivity index (χ4v) is 2.68. The first-order valence-electron chi connectivity index (χ1n) is 8.05. The van der Waals surface area contributed by atoms with Crippen LogP contribution in [0.2, 0.25) is 0 Å². The number of pyridine rings is 2. The number of hydrogen-bond donors (Lipinski definition) is 1. The number of fused-ring (bicyclic) bond motifs is 1. The van der Waals surface area contributed by atoms with E-state index in [2.05, 4.69) is 25.4 Å². The number of aromatic nitrogens is 5. The Labute approximate surface area is 150 Å². The third-order valence-electron chi connectivity index (χ3n) is 3.92. The Morgan fingerprint density at radius 1 is 1.15 bits per heavy atom. The summed E-state index contributed by atoms with van der Waals surface area (Å²) in [5.74, 6) is 0.949. The lowest BCUT2D eigenvalue weighted by molar-refractivity contribution is 0.374. The molecule has 26 heavy (non-hydrogen) atoms. The van der Waals surface area contributed by atoms with Crippen LogP contribution in [0, 0.1) is 0 Å². The van der Waals surface area contributed by atoms with Crippen molar-refractivity contribution in [3.8, 4) is 11.5 Å². The molecule has 1 N–H and O–H groups in total. The maximum atomic E-state index is 13.9. The topological polar surface area (TPSA) is 68.0 Å². The number of nitrogens with one attached hydrogen (secondary N) is 1. The molecule has 4 heterocycles. The Kier molecular flexibility index (Phi) is 4.08.